The fourth-order valence-electron chi connectivity index (χ4n) is 4.98. The summed E-state index contributed by atoms with van der Waals surface area (Å²) < 4.78 is 11.8. The molecular formula is C38H56N4O4. The van der Waals surface area contributed by atoms with Crippen molar-refractivity contribution in [1.82, 2.24) is 21.3 Å². The second kappa shape index (κ2) is 24.8. The molecule has 3 aromatic rings. The van der Waals surface area contributed by atoms with Gasteiger partial charge in [-0.25, -0.2) is 0 Å². The molecule has 2 heterocycles. The Morgan fingerprint density at radius 2 is 1.20 bits per heavy atom. The quantitative estimate of drug-likeness (QED) is 0.149. The number of carbonyl (C=O) groups is 2. The molecule has 2 aliphatic heterocycles. The number of rotatable bonds is 14. The number of nitrogens with one attached hydrogen (secondary N) is 4. The molecule has 0 bridgehead atoms. The Kier molecular flexibility index (Phi) is 20.9. The van der Waals surface area contributed by atoms with E-state index in [1.165, 1.54) is 16.7 Å². The van der Waals surface area contributed by atoms with E-state index < -0.39 is 0 Å². The van der Waals surface area contributed by atoms with E-state index >= 15 is 0 Å². The van der Waals surface area contributed by atoms with Gasteiger partial charge in [0.2, 0.25) is 6.41 Å². The predicted octanol–water partition coefficient (Wildman–Crippen LogP) is 4.85. The third-order valence-corrected chi connectivity index (χ3v) is 7.58. The van der Waals surface area contributed by atoms with Crippen LogP contribution in [0.4, 0.5) is 0 Å². The molecule has 4 N–H and O–H groups in total. The number of aldehydes is 1. The van der Waals surface area contributed by atoms with Crippen LogP contribution >= 0.6 is 0 Å². The maximum atomic E-state index is 10.7. The molecule has 4 unspecified atom stereocenters. The number of ether oxygens (including phenoxy) is 2. The fraction of sp³-hybridized carbons (Fsp3) is 0.474. The van der Waals surface area contributed by atoms with Gasteiger partial charge in [-0.05, 0) is 68.5 Å². The van der Waals surface area contributed by atoms with Crippen LogP contribution in [0.1, 0.15) is 55.9 Å². The van der Waals surface area contributed by atoms with E-state index in [4.69, 9.17) is 9.47 Å². The van der Waals surface area contributed by atoms with Crippen molar-refractivity contribution in [3.05, 3.63) is 107 Å². The summed E-state index contributed by atoms with van der Waals surface area (Å²) >= 11 is 0. The Morgan fingerprint density at radius 3 is 1.63 bits per heavy atom. The summed E-state index contributed by atoms with van der Waals surface area (Å²) in [6, 6.07) is 29.5. The van der Waals surface area contributed by atoms with Crippen molar-refractivity contribution in [2.24, 2.45) is 0 Å². The Labute approximate surface area is 277 Å². The number of likely N-dealkylation sites (N-methyl/N-ethyl adjacent to an activating group) is 1. The van der Waals surface area contributed by atoms with Gasteiger partial charge in [0, 0.05) is 25.7 Å². The molecule has 46 heavy (non-hydrogen) atoms. The van der Waals surface area contributed by atoms with E-state index in [2.05, 4.69) is 76.7 Å². The average molecular weight is 633 g/mol. The molecule has 0 aliphatic carbocycles. The normalized spacial score (nSPS) is 19.7. The van der Waals surface area contributed by atoms with Gasteiger partial charge in [0.1, 0.15) is 6.29 Å². The SMILES string of the molecule is CC.CC1CC(OCc2ccc(COC3CNC(C=O)C3)cc2)CN1.CNCCc1ccccc1.O=CNCCc1ccccc1. The van der Waals surface area contributed by atoms with Gasteiger partial charge in [0.05, 0.1) is 31.5 Å². The number of amides is 1. The number of carbonyl (C=O) groups excluding carboxylic acids is 2. The van der Waals surface area contributed by atoms with Crippen LogP contribution in [0.15, 0.2) is 84.9 Å². The lowest BCUT2D eigenvalue weighted by Crippen LogP contribution is -2.22. The van der Waals surface area contributed by atoms with Crippen molar-refractivity contribution < 1.29 is 19.1 Å². The first kappa shape index (κ1) is 38.8. The monoisotopic (exact) mass is 632 g/mol. The summed E-state index contributed by atoms with van der Waals surface area (Å²) in [6.07, 6.45) is 6.02. The van der Waals surface area contributed by atoms with Crippen molar-refractivity contribution in [1.29, 1.82) is 0 Å². The van der Waals surface area contributed by atoms with Crippen LogP contribution in [0.2, 0.25) is 0 Å². The van der Waals surface area contributed by atoms with E-state index in [-0.39, 0.29) is 12.1 Å². The van der Waals surface area contributed by atoms with Gasteiger partial charge in [0.15, 0.2) is 0 Å². The van der Waals surface area contributed by atoms with E-state index in [0.29, 0.717) is 31.9 Å². The highest BCUT2D eigenvalue weighted by molar-refractivity contribution is 5.58. The lowest BCUT2D eigenvalue weighted by Gasteiger charge is -2.12. The Morgan fingerprint density at radius 1 is 0.696 bits per heavy atom. The van der Waals surface area contributed by atoms with Gasteiger partial charge >= 0.3 is 0 Å². The first-order chi connectivity index (χ1) is 22.6. The zero-order chi connectivity index (χ0) is 33.2. The van der Waals surface area contributed by atoms with Crippen LogP contribution in [-0.4, -0.2) is 70.2 Å². The van der Waals surface area contributed by atoms with Crippen LogP contribution in [0.5, 0.6) is 0 Å². The molecule has 2 aliphatic rings. The molecule has 8 nitrogen and oxygen atoms in total. The summed E-state index contributed by atoms with van der Waals surface area (Å²) in [4.78, 5) is 20.6. The van der Waals surface area contributed by atoms with Crippen molar-refractivity contribution in [3.63, 3.8) is 0 Å². The topological polar surface area (TPSA) is 101 Å². The maximum Gasteiger partial charge on any atom is 0.207 e. The molecule has 2 fully saturated rings. The molecule has 3 aromatic carbocycles. The van der Waals surface area contributed by atoms with Gasteiger partial charge in [0.25, 0.3) is 0 Å². The minimum absolute atomic E-state index is 0.0488. The van der Waals surface area contributed by atoms with Crippen molar-refractivity contribution in [2.45, 2.75) is 84.0 Å². The van der Waals surface area contributed by atoms with Crippen molar-refractivity contribution in [3.8, 4) is 0 Å². The second-order valence-corrected chi connectivity index (χ2v) is 11.3. The van der Waals surface area contributed by atoms with Crippen LogP contribution in [-0.2, 0) is 45.1 Å². The van der Waals surface area contributed by atoms with Gasteiger partial charge in [-0.3, -0.25) is 4.79 Å². The van der Waals surface area contributed by atoms with E-state index in [9.17, 15) is 9.59 Å². The predicted molar refractivity (Wildman–Crippen MR) is 188 cm³/mol. The number of hydrogen-bond donors (Lipinski definition) is 4. The zero-order valence-corrected chi connectivity index (χ0v) is 28.3. The molecule has 0 radical (unpaired) electrons. The summed E-state index contributed by atoms with van der Waals surface area (Å²) in [5.74, 6) is 0. The summed E-state index contributed by atoms with van der Waals surface area (Å²) in [5, 5.41) is 12.3. The fourth-order valence-corrected chi connectivity index (χ4v) is 4.98. The third-order valence-electron chi connectivity index (χ3n) is 7.58. The van der Waals surface area contributed by atoms with Crippen LogP contribution in [0.3, 0.4) is 0 Å². The van der Waals surface area contributed by atoms with Gasteiger partial charge < -0.3 is 35.5 Å². The summed E-state index contributed by atoms with van der Waals surface area (Å²) in [7, 11) is 1.98. The highest BCUT2D eigenvalue weighted by Crippen LogP contribution is 2.15. The molecule has 0 spiro atoms. The minimum Gasteiger partial charge on any atom is -0.372 e. The first-order valence-corrected chi connectivity index (χ1v) is 16.7. The van der Waals surface area contributed by atoms with Gasteiger partial charge in [-0.1, -0.05) is 98.8 Å². The van der Waals surface area contributed by atoms with Crippen molar-refractivity contribution in [2.75, 3.05) is 33.2 Å². The van der Waals surface area contributed by atoms with Gasteiger partial charge in [-0.2, -0.15) is 0 Å². The average Bonchev–Trinajstić information content (AvgIpc) is 3.77. The zero-order valence-electron chi connectivity index (χ0n) is 28.3. The largest absolute Gasteiger partial charge is 0.372 e. The number of hydrogen-bond acceptors (Lipinski definition) is 7. The molecule has 0 saturated carbocycles. The smallest absolute Gasteiger partial charge is 0.207 e. The lowest BCUT2D eigenvalue weighted by molar-refractivity contribution is -0.110. The lowest BCUT2D eigenvalue weighted by atomic mass is 10.1. The van der Waals surface area contributed by atoms with Crippen LogP contribution in [0, 0.1) is 0 Å². The Bertz CT molecular complexity index is 1160. The maximum absolute atomic E-state index is 10.7. The Hall–Kier alpha value is -3.40. The van der Waals surface area contributed by atoms with E-state index in [1.807, 2.05) is 57.3 Å². The Balaban J connectivity index is 0.000000267. The third kappa shape index (κ3) is 16.8. The molecule has 252 valence electrons. The standard InChI is InChI=1S/C18H26N2O3.C9H11NO.C9H13N.C2H6/c1-13-6-17(8-19-13)22-11-14-2-4-15(5-3-14)12-23-18-7-16(10-21)20-9-18;11-8-10-7-6-9-4-2-1-3-5-9;1-10-8-7-9-5-3-2-4-6-9;1-2/h2-5,10,13,16-20H,6-9,11-12H2,1H3;1-5,8H,6-7H2,(H,10,11);2-6,10H,7-8H2,1H3;1-2H3. The second-order valence-electron chi connectivity index (χ2n) is 11.3. The first-order valence-electron chi connectivity index (χ1n) is 16.7. The van der Waals surface area contributed by atoms with Crippen LogP contribution < -0.4 is 21.3 Å². The van der Waals surface area contributed by atoms with Gasteiger partial charge in [-0.15, -0.1) is 0 Å². The minimum atomic E-state index is -0.0488. The van der Waals surface area contributed by atoms with Crippen molar-refractivity contribution >= 4 is 12.7 Å². The summed E-state index contributed by atoms with van der Waals surface area (Å²) in [6.45, 7) is 10.9. The molecule has 5 rings (SSSR count). The molecule has 2 saturated heterocycles. The highest BCUT2D eigenvalue weighted by Gasteiger charge is 2.24. The molecular weight excluding hydrogens is 576 g/mol. The summed E-state index contributed by atoms with van der Waals surface area (Å²) in [5.41, 5.74) is 5.00. The van der Waals surface area contributed by atoms with Crippen LogP contribution in [0.25, 0.3) is 0 Å². The van der Waals surface area contributed by atoms with E-state index in [0.717, 1.165) is 63.6 Å². The van der Waals surface area contributed by atoms with E-state index in [1.54, 1.807) is 0 Å². The molecule has 4 atom stereocenters. The highest BCUT2D eigenvalue weighted by atomic mass is 16.5. The molecule has 8 heteroatoms. The number of benzene rings is 3. The molecule has 0 aromatic heterocycles. The molecule has 1 amide bonds.